The summed E-state index contributed by atoms with van der Waals surface area (Å²) in [6.07, 6.45) is 7.13. The third-order valence-corrected chi connectivity index (χ3v) is 3.81. The van der Waals surface area contributed by atoms with Crippen LogP contribution in [0.2, 0.25) is 0 Å². The van der Waals surface area contributed by atoms with Crippen LogP contribution in [-0.4, -0.2) is 21.0 Å². The number of thioether (sulfide) groups is 1. The number of nitrogens with one attached hydrogen (secondary N) is 1. The van der Waals surface area contributed by atoms with Gasteiger partial charge in [0.05, 0.1) is 22.3 Å². The van der Waals surface area contributed by atoms with Crippen molar-refractivity contribution in [1.82, 2.24) is 14.8 Å². The summed E-state index contributed by atoms with van der Waals surface area (Å²) in [5, 5.41) is 7.56. The van der Waals surface area contributed by atoms with Crippen molar-refractivity contribution in [3.05, 3.63) is 46.6 Å². The predicted molar refractivity (Wildman–Crippen MR) is 86.8 cm³/mol. The molecule has 6 heteroatoms. The average Bonchev–Trinajstić information content (AvgIpc) is 2.45. The van der Waals surface area contributed by atoms with Crippen LogP contribution in [0, 0.1) is 0 Å². The first-order chi connectivity index (χ1) is 9.93. The molecular formula is C15H20N4OS. The van der Waals surface area contributed by atoms with Gasteiger partial charge in [0.2, 0.25) is 0 Å². The van der Waals surface area contributed by atoms with Crippen molar-refractivity contribution in [1.29, 1.82) is 0 Å². The van der Waals surface area contributed by atoms with Crippen LogP contribution in [0.3, 0.4) is 0 Å². The van der Waals surface area contributed by atoms with E-state index >= 15 is 0 Å². The number of nitrogens with zero attached hydrogens (tertiary/aromatic N) is 3. The highest BCUT2D eigenvalue weighted by atomic mass is 32.2. The Morgan fingerprint density at radius 1 is 1.29 bits per heavy atom. The summed E-state index contributed by atoms with van der Waals surface area (Å²) >= 11 is 1.44. The Morgan fingerprint density at radius 3 is 2.52 bits per heavy atom. The third kappa shape index (κ3) is 3.64. The zero-order valence-electron chi connectivity index (χ0n) is 12.8. The average molecular weight is 304 g/mol. The first kappa shape index (κ1) is 15.6. The second kappa shape index (κ2) is 6.30. The first-order valence-electron chi connectivity index (χ1n) is 6.73. The molecule has 1 N–H and O–H groups in total. The monoisotopic (exact) mass is 304 g/mol. The molecule has 0 aliphatic heterocycles. The normalized spacial score (nSPS) is 11.4. The van der Waals surface area contributed by atoms with E-state index < -0.39 is 0 Å². The van der Waals surface area contributed by atoms with Crippen LogP contribution in [0.5, 0.6) is 0 Å². The minimum atomic E-state index is -0.328. The summed E-state index contributed by atoms with van der Waals surface area (Å²) in [7, 11) is 0. The van der Waals surface area contributed by atoms with E-state index in [0.29, 0.717) is 11.4 Å². The van der Waals surface area contributed by atoms with E-state index in [0.717, 1.165) is 11.3 Å². The van der Waals surface area contributed by atoms with Gasteiger partial charge in [0.15, 0.2) is 0 Å². The Morgan fingerprint density at radius 2 is 1.95 bits per heavy atom. The van der Waals surface area contributed by atoms with Gasteiger partial charge in [0.1, 0.15) is 0 Å². The van der Waals surface area contributed by atoms with E-state index in [2.05, 4.69) is 15.4 Å². The molecular weight excluding hydrogens is 284 g/mol. The largest absolute Gasteiger partial charge is 0.379 e. The van der Waals surface area contributed by atoms with Gasteiger partial charge in [-0.2, -0.15) is 5.10 Å². The van der Waals surface area contributed by atoms with Gasteiger partial charge in [0, 0.05) is 18.9 Å². The van der Waals surface area contributed by atoms with E-state index in [1.165, 1.54) is 16.4 Å². The smallest absolute Gasteiger partial charge is 0.283 e. The van der Waals surface area contributed by atoms with Gasteiger partial charge in [-0.1, -0.05) is 0 Å². The molecule has 0 fully saturated rings. The minimum Gasteiger partial charge on any atom is -0.379 e. The topological polar surface area (TPSA) is 59.8 Å². The van der Waals surface area contributed by atoms with E-state index in [1.54, 1.807) is 18.6 Å². The van der Waals surface area contributed by atoms with E-state index in [9.17, 15) is 4.79 Å². The van der Waals surface area contributed by atoms with Crippen molar-refractivity contribution in [3.8, 4) is 0 Å². The number of hydrogen-bond donors (Lipinski definition) is 1. The summed E-state index contributed by atoms with van der Waals surface area (Å²) in [5.74, 6) is 0. The summed E-state index contributed by atoms with van der Waals surface area (Å²) in [6, 6.07) is 3.88. The van der Waals surface area contributed by atoms with Gasteiger partial charge in [-0.25, -0.2) is 4.68 Å². The standard InChI is InChI=1S/C15H20N4OS/c1-15(2,3)19-14(20)13(21-4)12(10-18-19)17-9-11-5-7-16-8-6-11/h5-8,10,17H,9H2,1-4H3. The third-order valence-electron chi connectivity index (χ3n) is 3.01. The summed E-state index contributed by atoms with van der Waals surface area (Å²) in [6.45, 7) is 6.54. The molecule has 0 spiro atoms. The van der Waals surface area contributed by atoms with E-state index in [1.807, 2.05) is 39.2 Å². The number of hydrogen-bond acceptors (Lipinski definition) is 5. The van der Waals surface area contributed by atoms with Crippen molar-refractivity contribution < 1.29 is 0 Å². The summed E-state index contributed by atoms with van der Waals surface area (Å²) < 4.78 is 1.52. The Balaban J connectivity index is 2.29. The Kier molecular flexibility index (Phi) is 4.67. The Labute approximate surface area is 128 Å². The fourth-order valence-electron chi connectivity index (χ4n) is 1.94. The van der Waals surface area contributed by atoms with Gasteiger partial charge in [-0.15, -0.1) is 11.8 Å². The lowest BCUT2D eigenvalue weighted by molar-refractivity contribution is 0.334. The van der Waals surface area contributed by atoms with Crippen molar-refractivity contribution in [2.75, 3.05) is 11.6 Å². The van der Waals surface area contributed by atoms with Crippen LogP contribution in [0.1, 0.15) is 26.3 Å². The number of anilines is 1. The highest BCUT2D eigenvalue weighted by Gasteiger charge is 2.19. The first-order valence-corrected chi connectivity index (χ1v) is 7.95. The molecule has 0 aliphatic carbocycles. The lowest BCUT2D eigenvalue weighted by atomic mass is 10.1. The molecule has 0 saturated heterocycles. The molecule has 0 amide bonds. The van der Waals surface area contributed by atoms with Gasteiger partial charge >= 0.3 is 0 Å². The van der Waals surface area contributed by atoms with Crippen LogP contribution in [-0.2, 0) is 12.1 Å². The number of aromatic nitrogens is 3. The minimum absolute atomic E-state index is 0.0604. The van der Waals surface area contributed by atoms with Gasteiger partial charge in [-0.05, 0) is 44.7 Å². The maximum Gasteiger partial charge on any atom is 0.283 e. The van der Waals surface area contributed by atoms with E-state index in [-0.39, 0.29) is 11.1 Å². The molecule has 0 radical (unpaired) electrons. The Bertz CT molecular complexity index is 662. The van der Waals surface area contributed by atoms with Crippen molar-refractivity contribution in [2.24, 2.45) is 0 Å². The van der Waals surface area contributed by atoms with Crippen LogP contribution in [0.15, 0.2) is 40.4 Å². The molecule has 0 unspecified atom stereocenters. The summed E-state index contributed by atoms with van der Waals surface area (Å²) in [4.78, 5) is 17.2. The molecule has 0 saturated carbocycles. The molecule has 0 bridgehead atoms. The maximum absolute atomic E-state index is 12.5. The van der Waals surface area contributed by atoms with E-state index in [4.69, 9.17) is 0 Å². The van der Waals surface area contributed by atoms with Crippen LogP contribution in [0.4, 0.5) is 5.69 Å². The fraction of sp³-hybridized carbons (Fsp3) is 0.400. The van der Waals surface area contributed by atoms with Crippen LogP contribution >= 0.6 is 11.8 Å². The maximum atomic E-state index is 12.5. The molecule has 112 valence electrons. The molecule has 2 aromatic heterocycles. The number of rotatable bonds is 4. The fourth-order valence-corrected chi connectivity index (χ4v) is 2.54. The highest BCUT2D eigenvalue weighted by Crippen LogP contribution is 2.22. The zero-order chi connectivity index (χ0) is 15.5. The molecule has 21 heavy (non-hydrogen) atoms. The number of pyridine rings is 1. The Hall–Kier alpha value is -1.82. The van der Waals surface area contributed by atoms with Gasteiger partial charge in [0.25, 0.3) is 5.56 Å². The molecule has 2 heterocycles. The SMILES string of the molecule is CSc1c(NCc2ccncc2)cnn(C(C)(C)C)c1=O. The van der Waals surface area contributed by atoms with Gasteiger partial charge in [-0.3, -0.25) is 9.78 Å². The van der Waals surface area contributed by atoms with Crippen molar-refractivity contribution in [2.45, 2.75) is 37.8 Å². The summed E-state index contributed by atoms with van der Waals surface area (Å²) in [5.41, 5.74) is 1.49. The molecule has 2 aromatic rings. The predicted octanol–water partition coefficient (Wildman–Crippen LogP) is 2.73. The molecule has 0 atom stereocenters. The van der Waals surface area contributed by atoms with Crippen molar-refractivity contribution in [3.63, 3.8) is 0 Å². The molecule has 0 aromatic carbocycles. The quantitative estimate of drug-likeness (QED) is 0.880. The second-order valence-electron chi connectivity index (χ2n) is 5.69. The second-order valence-corrected chi connectivity index (χ2v) is 6.50. The van der Waals surface area contributed by atoms with Crippen LogP contribution < -0.4 is 10.9 Å². The molecule has 0 aliphatic rings. The highest BCUT2D eigenvalue weighted by molar-refractivity contribution is 7.98. The van der Waals surface area contributed by atoms with Crippen LogP contribution in [0.25, 0.3) is 0 Å². The van der Waals surface area contributed by atoms with Gasteiger partial charge < -0.3 is 5.32 Å². The lowest BCUT2D eigenvalue weighted by Crippen LogP contribution is -2.36. The lowest BCUT2D eigenvalue weighted by Gasteiger charge is -2.22. The molecule has 2 rings (SSSR count). The molecule has 5 nitrogen and oxygen atoms in total. The van der Waals surface area contributed by atoms with Crippen molar-refractivity contribution >= 4 is 17.4 Å². The zero-order valence-corrected chi connectivity index (χ0v) is 13.6.